The van der Waals surface area contributed by atoms with Crippen LogP contribution in [0, 0.1) is 11.8 Å². The lowest BCUT2D eigenvalue weighted by Gasteiger charge is -2.53. The maximum Gasteiger partial charge on any atom is 0.255 e. The average molecular weight is 460 g/mol. The summed E-state index contributed by atoms with van der Waals surface area (Å²) in [7, 11) is 2.84. The number of phenols is 1. The monoisotopic (exact) mass is 460 g/mol. The first-order chi connectivity index (χ1) is 15.4. The molecule has 0 radical (unpaired) electrons. The highest BCUT2D eigenvalue weighted by atomic mass is 16.4. The Bertz CT molecular complexity index is 1150. The van der Waals surface area contributed by atoms with Crippen molar-refractivity contribution in [2.75, 3.05) is 20.7 Å². The predicted octanol–water partition coefficient (Wildman–Crippen LogP) is -1.53. The Kier molecular flexibility index (Phi) is 5.13. The number of primary amides is 1. The van der Waals surface area contributed by atoms with Gasteiger partial charge in [-0.2, -0.15) is 0 Å². The molecule has 1 aromatic rings. The lowest BCUT2D eigenvalue weighted by Crippen LogP contribution is -2.70. The van der Waals surface area contributed by atoms with Crippen molar-refractivity contribution in [3.05, 3.63) is 46.2 Å². The molecule has 0 saturated heterocycles. The second-order valence-electron chi connectivity index (χ2n) is 8.79. The van der Waals surface area contributed by atoms with Crippen LogP contribution in [0.1, 0.15) is 17.0 Å². The third-order valence-electron chi connectivity index (χ3n) is 6.99. The summed E-state index contributed by atoms with van der Waals surface area (Å²) in [6.45, 7) is -0.609. The summed E-state index contributed by atoms with van der Waals surface area (Å²) in [5.41, 5.74) is 0.829. The van der Waals surface area contributed by atoms with Crippen LogP contribution in [0.3, 0.4) is 0 Å². The quantitative estimate of drug-likeness (QED) is 0.259. The van der Waals surface area contributed by atoms with Crippen molar-refractivity contribution in [3.63, 3.8) is 0 Å². The minimum Gasteiger partial charge on any atom is -0.508 e. The van der Waals surface area contributed by atoms with E-state index in [1.54, 1.807) is 0 Å². The molecule has 0 unspecified atom stereocenters. The number of nitrogens with zero attached hydrogens (tertiary/aromatic N) is 1. The van der Waals surface area contributed by atoms with Crippen molar-refractivity contribution in [2.24, 2.45) is 17.6 Å². The van der Waals surface area contributed by atoms with E-state index in [2.05, 4.69) is 0 Å². The van der Waals surface area contributed by atoms with Crippen LogP contribution in [-0.2, 0) is 14.4 Å². The van der Waals surface area contributed by atoms with E-state index in [0.29, 0.717) is 0 Å². The third kappa shape index (κ3) is 2.73. The first kappa shape index (κ1) is 22.9. The van der Waals surface area contributed by atoms with Gasteiger partial charge in [0.1, 0.15) is 22.8 Å². The van der Waals surface area contributed by atoms with E-state index in [0.717, 1.165) is 0 Å². The predicted molar refractivity (Wildman–Crippen MR) is 112 cm³/mol. The molecule has 176 valence electrons. The number of nitrogens with two attached hydrogens (primary N) is 1. The number of Topliss-reactive ketones (excluding diaryl/α,β-unsaturated/α-hetero) is 2. The minimum atomic E-state index is -2.98. The summed E-state index contributed by atoms with van der Waals surface area (Å²) in [6.07, 6.45) is -1.74. The van der Waals surface area contributed by atoms with Crippen molar-refractivity contribution >= 4 is 23.2 Å². The lowest BCUT2D eigenvalue weighted by atomic mass is 9.54. The Balaban J connectivity index is 2.08. The van der Waals surface area contributed by atoms with Gasteiger partial charge in [0.2, 0.25) is 5.78 Å². The highest BCUT2D eigenvalue weighted by Crippen LogP contribution is 2.55. The zero-order valence-electron chi connectivity index (χ0n) is 17.8. The third-order valence-corrected chi connectivity index (χ3v) is 6.99. The number of hydrogen-bond acceptors (Lipinski definition) is 10. The molecular formula is C22H24N2O9. The topological polar surface area (TPSA) is 202 Å². The van der Waals surface area contributed by atoms with E-state index in [4.69, 9.17) is 5.73 Å². The van der Waals surface area contributed by atoms with Gasteiger partial charge in [-0.3, -0.25) is 19.3 Å². The summed E-state index contributed by atoms with van der Waals surface area (Å²) in [4.78, 5) is 40.0. The molecule has 0 bridgehead atoms. The second kappa shape index (κ2) is 7.39. The minimum absolute atomic E-state index is 0.167. The average Bonchev–Trinajstić information content (AvgIpc) is 2.73. The molecule has 0 aromatic heterocycles. The van der Waals surface area contributed by atoms with Crippen molar-refractivity contribution < 1.29 is 45.0 Å². The molecule has 1 fully saturated rings. The van der Waals surface area contributed by atoms with Gasteiger partial charge in [-0.15, -0.1) is 0 Å². The number of aliphatic hydroxyl groups is 5. The molecule has 3 aliphatic carbocycles. The van der Waals surface area contributed by atoms with Crippen molar-refractivity contribution in [2.45, 2.75) is 23.7 Å². The maximum atomic E-state index is 13.7. The molecule has 0 aliphatic heterocycles. The molecule has 4 rings (SSSR count). The number of rotatable bonds is 3. The summed E-state index contributed by atoms with van der Waals surface area (Å²) in [6, 6.07) is 2.76. The van der Waals surface area contributed by atoms with E-state index >= 15 is 0 Å². The number of carbonyl (C=O) groups excluding carboxylic acids is 3. The Morgan fingerprint density at radius 3 is 2.36 bits per heavy atom. The van der Waals surface area contributed by atoms with Crippen LogP contribution in [0.25, 0.3) is 5.76 Å². The first-order valence-electron chi connectivity index (χ1n) is 10.2. The van der Waals surface area contributed by atoms with Gasteiger partial charge in [0.05, 0.1) is 30.2 Å². The Morgan fingerprint density at radius 2 is 1.82 bits per heavy atom. The highest BCUT2D eigenvalue weighted by molar-refractivity contribution is 6.24. The van der Waals surface area contributed by atoms with Gasteiger partial charge in [0, 0.05) is 17.4 Å². The van der Waals surface area contributed by atoms with Gasteiger partial charge in [0.15, 0.2) is 11.4 Å². The lowest BCUT2D eigenvalue weighted by molar-refractivity contribution is -0.170. The molecule has 0 spiro atoms. The summed E-state index contributed by atoms with van der Waals surface area (Å²) in [5.74, 6) is -10.1. The van der Waals surface area contributed by atoms with E-state index in [9.17, 15) is 45.0 Å². The molecule has 11 heteroatoms. The summed E-state index contributed by atoms with van der Waals surface area (Å²) in [5, 5.41) is 65.1. The standard InChI is InChI=1S/C22H24N2O9/c1-24(2)15-14-17(28)11-8(6-25)7-4-3-5-9(26)10(7)16(27)12(11)19(30)22(14,33)20(31)13(18(15)29)21(23)32/h3-5,8,11,14-15,17,25-28,31,33H,6H2,1-2H3,(H2,23,32)/t8-,11+,14+,15-,17-,22-/m0/s1. The molecule has 3 aliphatic rings. The van der Waals surface area contributed by atoms with Crippen LogP contribution in [0.15, 0.2) is 35.1 Å². The number of amides is 1. The SMILES string of the molecule is CN(C)[C@@H]1C(=O)C(C(N)=O)=C(O)[C@@]2(O)C(=O)C3=C(O)c4c(O)cccc4[C@H](CO)[C@H]3[C@H](O)[C@@H]12. The Labute approximate surface area is 187 Å². The van der Waals surface area contributed by atoms with Crippen LogP contribution in [0.2, 0.25) is 0 Å². The highest BCUT2D eigenvalue weighted by Gasteiger charge is 2.68. The molecule has 1 amide bonds. The second-order valence-corrected chi connectivity index (χ2v) is 8.79. The van der Waals surface area contributed by atoms with Crippen LogP contribution in [-0.4, -0.2) is 91.5 Å². The fourth-order valence-corrected chi connectivity index (χ4v) is 5.61. The van der Waals surface area contributed by atoms with Crippen molar-refractivity contribution in [1.29, 1.82) is 0 Å². The fourth-order valence-electron chi connectivity index (χ4n) is 5.61. The number of aliphatic hydroxyl groups excluding tert-OH is 4. The van der Waals surface area contributed by atoms with E-state index < -0.39 is 88.0 Å². The molecule has 11 nitrogen and oxygen atoms in total. The number of hydrogen-bond donors (Lipinski definition) is 7. The number of ketones is 2. The van der Waals surface area contributed by atoms with Crippen LogP contribution < -0.4 is 5.73 Å². The van der Waals surface area contributed by atoms with Crippen molar-refractivity contribution in [3.8, 4) is 5.75 Å². The molecule has 8 N–H and O–H groups in total. The van der Waals surface area contributed by atoms with E-state index in [-0.39, 0.29) is 11.1 Å². The zero-order valence-corrected chi connectivity index (χ0v) is 17.8. The first-order valence-corrected chi connectivity index (χ1v) is 10.2. The van der Waals surface area contributed by atoms with Gasteiger partial charge in [-0.1, -0.05) is 12.1 Å². The zero-order chi connectivity index (χ0) is 24.6. The number of benzene rings is 1. The van der Waals surface area contributed by atoms with Crippen molar-refractivity contribution in [1.82, 2.24) is 4.90 Å². The van der Waals surface area contributed by atoms with Gasteiger partial charge < -0.3 is 36.4 Å². The van der Waals surface area contributed by atoms with Crippen LogP contribution in [0.4, 0.5) is 0 Å². The van der Waals surface area contributed by atoms with Crippen LogP contribution in [0.5, 0.6) is 5.75 Å². The summed E-state index contributed by atoms with van der Waals surface area (Å²) < 4.78 is 0. The molecule has 6 atom stereocenters. The summed E-state index contributed by atoms with van der Waals surface area (Å²) >= 11 is 0. The molecule has 1 aromatic carbocycles. The van der Waals surface area contributed by atoms with Crippen LogP contribution >= 0.6 is 0 Å². The maximum absolute atomic E-state index is 13.7. The Hall–Kier alpha value is -3.25. The van der Waals surface area contributed by atoms with E-state index in [1.165, 1.54) is 37.2 Å². The molecule has 33 heavy (non-hydrogen) atoms. The van der Waals surface area contributed by atoms with Gasteiger partial charge >= 0.3 is 0 Å². The molecular weight excluding hydrogens is 436 g/mol. The number of carbonyl (C=O) groups is 3. The number of phenolic OH excluding ortho intramolecular Hbond substituents is 1. The van der Waals surface area contributed by atoms with Gasteiger partial charge in [-0.05, 0) is 25.7 Å². The number of likely N-dealkylation sites (N-methyl/N-ethyl adjacent to an activating group) is 1. The number of fused-ring (bicyclic) bond motifs is 3. The Morgan fingerprint density at radius 1 is 1.18 bits per heavy atom. The normalized spacial score (nSPS) is 33.7. The fraction of sp³-hybridized carbons (Fsp3) is 0.409. The van der Waals surface area contributed by atoms with E-state index in [1.807, 2.05) is 0 Å². The molecule has 0 heterocycles. The van der Waals surface area contributed by atoms with Gasteiger partial charge in [-0.25, -0.2) is 0 Å². The smallest absolute Gasteiger partial charge is 0.255 e. The molecule has 1 saturated carbocycles. The number of aromatic hydroxyl groups is 1. The van der Waals surface area contributed by atoms with Gasteiger partial charge in [0.25, 0.3) is 5.91 Å². The largest absolute Gasteiger partial charge is 0.508 e.